The number of aliphatic hydroxyl groups excluding tert-OH is 1. The lowest BCUT2D eigenvalue weighted by Crippen LogP contribution is -2.41. The summed E-state index contributed by atoms with van der Waals surface area (Å²) >= 11 is 0. The maximum Gasteiger partial charge on any atom is 0.136 e. The van der Waals surface area contributed by atoms with Crippen LogP contribution in [0, 0.1) is 5.41 Å². The van der Waals surface area contributed by atoms with Crippen LogP contribution in [0.5, 0.6) is 0 Å². The zero-order valence-corrected chi connectivity index (χ0v) is 12.1. The molecule has 1 fully saturated rings. The maximum absolute atomic E-state index is 9.59. The average molecular weight is 273 g/mol. The molecule has 1 N–H and O–H groups in total. The number of piperidine rings is 1. The van der Waals surface area contributed by atoms with Crippen LogP contribution in [0.3, 0.4) is 0 Å². The summed E-state index contributed by atoms with van der Waals surface area (Å²) in [6.45, 7) is 5.59. The predicted molar refractivity (Wildman–Crippen MR) is 79.5 cm³/mol. The molecule has 0 unspecified atom stereocenters. The Morgan fingerprint density at radius 3 is 2.80 bits per heavy atom. The lowest BCUT2D eigenvalue weighted by atomic mass is 9.77. The molecular formula is C16H23N3O. The number of aromatic nitrogens is 2. The van der Waals surface area contributed by atoms with E-state index in [0.717, 1.165) is 44.5 Å². The van der Waals surface area contributed by atoms with Crippen LogP contribution in [0.25, 0.3) is 5.65 Å². The molecule has 2 aromatic rings. The number of hydrogen-bond donors (Lipinski definition) is 1. The van der Waals surface area contributed by atoms with Crippen molar-refractivity contribution in [2.75, 3.05) is 19.7 Å². The van der Waals surface area contributed by atoms with Crippen LogP contribution in [0.15, 0.2) is 30.6 Å². The van der Waals surface area contributed by atoms with Crippen LogP contribution in [-0.2, 0) is 6.54 Å². The predicted octanol–water partition coefficient (Wildman–Crippen LogP) is 2.32. The van der Waals surface area contributed by atoms with Crippen molar-refractivity contribution in [1.29, 1.82) is 0 Å². The average Bonchev–Trinajstić information content (AvgIpc) is 2.92. The van der Waals surface area contributed by atoms with Gasteiger partial charge in [-0.1, -0.05) is 13.0 Å². The smallest absolute Gasteiger partial charge is 0.136 e. The van der Waals surface area contributed by atoms with E-state index < -0.39 is 0 Å². The SMILES string of the molecule is CCC1(CO)CCN(Cc2cnc3ccccn23)CC1. The molecule has 3 rings (SSSR count). The van der Waals surface area contributed by atoms with E-state index in [4.69, 9.17) is 0 Å². The van der Waals surface area contributed by atoms with Crippen molar-refractivity contribution in [1.82, 2.24) is 14.3 Å². The van der Waals surface area contributed by atoms with Gasteiger partial charge in [-0.3, -0.25) is 4.90 Å². The quantitative estimate of drug-likeness (QED) is 0.929. The summed E-state index contributed by atoms with van der Waals surface area (Å²) in [4.78, 5) is 6.91. The van der Waals surface area contributed by atoms with E-state index in [-0.39, 0.29) is 5.41 Å². The number of nitrogens with zero attached hydrogens (tertiary/aromatic N) is 3. The van der Waals surface area contributed by atoms with E-state index in [1.165, 1.54) is 5.69 Å². The van der Waals surface area contributed by atoms with Gasteiger partial charge in [0.15, 0.2) is 0 Å². The molecule has 1 aliphatic heterocycles. The first kappa shape index (κ1) is 13.6. The van der Waals surface area contributed by atoms with E-state index in [1.807, 2.05) is 24.4 Å². The Bertz CT molecular complexity index is 564. The molecule has 0 amide bonds. The third-order valence-corrected chi connectivity index (χ3v) is 4.88. The number of pyridine rings is 1. The highest BCUT2D eigenvalue weighted by atomic mass is 16.3. The summed E-state index contributed by atoms with van der Waals surface area (Å²) in [7, 11) is 0. The standard InChI is InChI=1S/C16H23N3O/c1-2-16(13-20)6-9-18(10-7-16)12-14-11-17-15-5-3-4-8-19(14)15/h3-5,8,11,20H,2,6-7,9-10,12-13H2,1H3. The van der Waals surface area contributed by atoms with Crippen molar-refractivity contribution in [3.8, 4) is 0 Å². The monoisotopic (exact) mass is 273 g/mol. The zero-order valence-electron chi connectivity index (χ0n) is 12.1. The number of rotatable bonds is 4. The van der Waals surface area contributed by atoms with Crippen LogP contribution in [0.1, 0.15) is 31.9 Å². The Kier molecular flexibility index (Phi) is 3.76. The summed E-state index contributed by atoms with van der Waals surface area (Å²) < 4.78 is 2.16. The van der Waals surface area contributed by atoms with E-state index in [0.29, 0.717) is 6.61 Å². The molecule has 4 nitrogen and oxygen atoms in total. The van der Waals surface area contributed by atoms with E-state index >= 15 is 0 Å². The molecule has 2 aromatic heterocycles. The highest BCUT2D eigenvalue weighted by molar-refractivity contribution is 5.39. The van der Waals surface area contributed by atoms with Crippen molar-refractivity contribution in [2.24, 2.45) is 5.41 Å². The van der Waals surface area contributed by atoms with Gasteiger partial charge in [-0.05, 0) is 49.9 Å². The lowest BCUT2D eigenvalue weighted by molar-refractivity contribution is 0.0377. The molecule has 108 valence electrons. The normalized spacial score (nSPS) is 19.5. The second kappa shape index (κ2) is 5.54. The first-order valence-corrected chi connectivity index (χ1v) is 7.50. The molecule has 0 aliphatic carbocycles. The fraction of sp³-hybridized carbons (Fsp3) is 0.562. The summed E-state index contributed by atoms with van der Waals surface area (Å²) in [6.07, 6.45) is 7.31. The molecule has 1 aliphatic rings. The van der Waals surface area contributed by atoms with Gasteiger partial charge in [0.1, 0.15) is 5.65 Å². The third kappa shape index (κ3) is 2.45. The highest BCUT2D eigenvalue weighted by Crippen LogP contribution is 2.34. The Hall–Kier alpha value is -1.39. The fourth-order valence-corrected chi connectivity index (χ4v) is 3.14. The molecule has 0 saturated carbocycles. The van der Waals surface area contributed by atoms with Gasteiger partial charge in [0, 0.05) is 19.3 Å². The topological polar surface area (TPSA) is 40.8 Å². The maximum atomic E-state index is 9.59. The third-order valence-electron chi connectivity index (χ3n) is 4.88. The van der Waals surface area contributed by atoms with E-state index in [2.05, 4.69) is 27.4 Å². The Labute approximate surface area is 120 Å². The van der Waals surface area contributed by atoms with E-state index in [1.54, 1.807) is 0 Å². The minimum atomic E-state index is 0.163. The van der Waals surface area contributed by atoms with Crippen molar-refractivity contribution in [2.45, 2.75) is 32.7 Å². The molecule has 0 spiro atoms. The molecular weight excluding hydrogens is 250 g/mol. The summed E-state index contributed by atoms with van der Waals surface area (Å²) in [5.41, 5.74) is 2.42. The van der Waals surface area contributed by atoms with Gasteiger partial charge in [0.25, 0.3) is 0 Å². The second-order valence-electron chi connectivity index (χ2n) is 5.97. The Balaban J connectivity index is 1.68. The summed E-state index contributed by atoms with van der Waals surface area (Å²) in [5.74, 6) is 0. The van der Waals surface area contributed by atoms with Gasteiger partial charge >= 0.3 is 0 Å². The zero-order chi connectivity index (χ0) is 14.0. The van der Waals surface area contributed by atoms with Gasteiger partial charge in [-0.15, -0.1) is 0 Å². The van der Waals surface area contributed by atoms with Crippen LogP contribution in [-0.4, -0.2) is 39.1 Å². The van der Waals surface area contributed by atoms with Crippen LogP contribution in [0.2, 0.25) is 0 Å². The molecule has 4 heteroatoms. The van der Waals surface area contributed by atoms with Gasteiger partial charge in [0.2, 0.25) is 0 Å². The van der Waals surface area contributed by atoms with Crippen molar-refractivity contribution in [3.63, 3.8) is 0 Å². The van der Waals surface area contributed by atoms with Gasteiger partial charge < -0.3 is 9.51 Å². The molecule has 0 aromatic carbocycles. The van der Waals surface area contributed by atoms with E-state index in [9.17, 15) is 5.11 Å². The molecule has 20 heavy (non-hydrogen) atoms. The molecule has 3 heterocycles. The van der Waals surface area contributed by atoms with Gasteiger partial charge in [-0.25, -0.2) is 4.98 Å². The van der Waals surface area contributed by atoms with Crippen LogP contribution in [0.4, 0.5) is 0 Å². The summed E-state index contributed by atoms with van der Waals surface area (Å²) in [6, 6.07) is 6.10. The number of fused-ring (bicyclic) bond motifs is 1. The minimum Gasteiger partial charge on any atom is -0.396 e. The van der Waals surface area contributed by atoms with Crippen molar-refractivity contribution in [3.05, 3.63) is 36.3 Å². The Morgan fingerprint density at radius 2 is 2.10 bits per heavy atom. The second-order valence-corrected chi connectivity index (χ2v) is 5.97. The fourth-order valence-electron chi connectivity index (χ4n) is 3.14. The van der Waals surface area contributed by atoms with Gasteiger partial charge in [0.05, 0.1) is 11.9 Å². The van der Waals surface area contributed by atoms with Crippen LogP contribution < -0.4 is 0 Å². The molecule has 0 radical (unpaired) electrons. The highest BCUT2D eigenvalue weighted by Gasteiger charge is 2.32. The summed E-state index contributed by atoms with van der Waals surface area (Å²) in [5, 5.41) is 9.59. The number of likely N-dealkylation sites (tertiary alicyclic amines) is 1. The lowest BCUT2D eigenvalue weighted by Gasteiger charge is -2.40. The first-order chi connectivity index (χ1) is 9.76. The molecule has 0 bridgehead atoms. The molecule has 0 atom stereocenters. The largest absolute Gasteiger partial charge is 0.396 e. The number of hydrogen-bond acceptors (Lipinski definition) is 3. The van der Waals surface area contributed by atoms with Gasteiger partial charge in [-0.2, -0.15) is 0 Å². The Morgan fingerprint density at radius 1 is 1.30 bits per heavy atom. The van der Waals surface area contributed by atoms with Crippen molar-refractivity contribution >= 4 is 5.65 Å². The number of imidazole rings is 1. The minimum absolute atomic E-state index is 0.163. The molecule has 1 saturated heterocycles. The number of aliphatic hydroxyl groups is 1. The first-order valence-electron chi connectivity index (χ1n) is 7.50. The van der Waals surface area contributed by atoms with Crippen LogP contribution >= 0.6 is 0 Å². The van der Waals surface area contributed by atoms with Crippen molar-refractivity contribution < 1.29 is 5.11 Å².